The summed E-state index contributed by atoms with van der Waals surface area (Å²) in [6, 6.07) is 9.42. The Morgan fingerprint density at radius 3 is 2.78 bits per heavy atom. The van der Waals surface area contributed by atoms with E-state index in [4.69, 9.17) is 11.6 Å². The van der Waals surface area contributed by atoms with Gasteiger partial charge in [-0.2, -0.15) is 0 Å². The van der Waals surface area contributed by atoms with Crippen LogP contribution in [0, 0.1) is 0 Å². The molecule has 0 saturated heterocycles. The first kappa shape index (κ1) is 16.0. The molecule has 7 heteroatoms. The smallest absolute Gasteiger partial charge is 0.267 e. The fraction of sp³-hybridized carbons (Fsp3) is 0.125. The molecular weight excluding hydrogens is 350 g/mol. The molecule has 0 fully saturated rings. The Bertz CT molecular complexity index is 828. The van der Waals surface area contributed by atoms with Gasteiger partial charge >= 0.3 is 0 Å². The van der Waals surface area contributed by atoms with Gasteiger partial charge in [-0.3, -0.25) is 4.79 Å². The molecule has 0 radical (unpaired) electrons. The van der Waals surface area contributed by atoms with Gasteiger partial charge in [0.05, 0.1) is 21.8 Å². The van der Waals surface area contributed by atoms with Gasteiger partial charge in [-0.15, -0.1) is 22.7 Å². The molecule has 0 aliphatic carbocycles. The molecule has 0 aliphatic rings. The predicted molar refractivity (Wildman–Crippen MR) is 99.2 cm³/mol. The van der Waals surface area contributed by atoms with E-state index in [2.05, 4.69) is 10.3 Å². The van der Waals surface area contributed by atoms with Crippen LogP contribution in [0.2, 0.25) is 5.02 Å². The number of halogens is 1. The Kier molecular flexibility index (Phi) is 4.66. The van der Waals surface area contributed by atoms with Gasteiger partial charge in [0.25, 0.3) is 5.91 Å². The first-order chi connectivity index (χ1) is 11.0. The van der Waals surface area contributed by atoms with Crippen LogP contribution in [0.5, 0.6) is 0 Å². The summed E-state index contributed by atoms with van der Waals surface area (Å²) < 4.78 is 0. The van der Waals surface area contributed by atoms with Gasteiger partial charge in [0, 0.05) is 19.8 Å². The maximum absolute atomic E-state index is 12.3. The zero-order valence-corrected chi connectivity index (χ0v) is 14.9. The molecule has 0 bridgehead atoms. The summed E-state index contributed by atoms with van der Waals surface area (Å²) in [5.74, 6) is -0.182. The molecule has 118 valence electrons. The normalized spacial score (nSPS) is 10.6. The number of nitrogens with zero attached hydrogens (tertiary/aromatic N) is 2. The maximum atomic E-state index is 12.3. The fourth-order valence-corrected chi connectivity index (χ4v) is 4.00. The van der Waals surface area contributed by atoms with E-state index in [0.717, 1.165) is 15.6 Å². The van der Waals surface area contributed by atoms with Crippen molar-refractivity contribution in [2.45, 2.75) is 0 Å². The van der Waals surface area contributed by atoms with Gasteiger partial charge in [-0.05, 0) is 29.6 Å². The zero-order valence-electron chi connectivity index (χ0n) is 12.5. The van der Waals surface area contributed by atoms with Crippen molar-refractivity contribution in [3.05, 3.63) is 51.8 Å². The van der Waals surface area contributed by atoms with E-state index in [0.29, 0.717) is 15.6 Å². The summed E-state index contributed by atoms with van der Waals surface area (Å²) in [4.78, 5) is 20.2. The molecule has 3 rings (SSSR count). The lowest BCUT2D eigenvalue weighted by Crippen LogP contribution is -2.12. The van der Waals surface area contributed by atoms with E-state index in [1.54, 1.807) is 23.6 Å². The second-order valence-corrected chi connectivity index (χ2v) is 7.41. The van der Waals surface area contributed by atoms with Gasteiger partial charge in [-0.1, -0.05) is 17.7 Å². The Hall–Kier alpha value is -1.89. The minimum Gasteiger partial charge on any atom is -0.376 e. The van der Waals surface area contributed by atoms with Crippen molar-refractivity contribution in [3.63, 3.8) is 0 Å². The van der Waals surface area contributed by atoms with Crippen molar-refractivity contribution in [2.75, 3.05) is 24.3 Å². The van der Waals surface area contributed by atoms with Crippen molar-refractivity contribution in [3.8, 4) is 9.88 Å². The molecule has 4 nitrogen and oxygen atoms in total. The van der Waals surface area contributed by atoms with Crippen LogP contribution in [-0.2, 0) is 0 Å². The van der Waals surface area contributed by atoms with Gasteiger partial charge in [-0.25, -0.2) is 4.98 Å². The highest BCUT2D eigenvalue weighted by Crippen LogP contribution is 2.30. The minimum absolute atomic E-state index is 0.182. The van der Waals surface area contributed by atoms with Crippen LogP contribution in [0.15, 0.2) is 41.9 Å². The Morgan fingerprint density at radius 2 is 2.13 bits per heavy atom. The first-order valence-corrected chi connectivity index (χ1v) is 8.90. The number of amides is 1. The monoisotopic (exact) mass is 363 g/mol. The summed E-state index contributed by atoms with van der Waals surface area (Å²) in [7, 11) is 3.84. The average Bonchev–Trinajstić information content (AvgIpc) is 3.18. The quantitative estimate of drug-likeness (QED) is 0.721. The fourth-order valence-electron chi connectivity index (χ4n) is 2.03. The molecule has 3 aromatic rings. The molecule has 1 N–H and O–H groups in total. The lowest BCUT2D eigenvalue weighted by Gasteiger charge is -2.15. The molecule has 0 unspecified atom stereocenters. The first-order valence-electron chi connectivity index (χ1n) is 6.82. The number of nitrogens with one attached hydrogen (secondary N) is 1. The Balaban J connectivity index is 1.76. The number of thiophene rings is 1. The molecule has 0 spiro atoms. The zero-order chi connectivity index (χ0) is 16.4. The van der Waals surface area contributed by atoms with E-state index >= 15 is 0 Å². The molecule has 0 saturated carbocycles. The lowest BCUT2D eigenvalue weighted by molar-refractivity contribution is 0.103. The molecule has 1 aromatic carbocycles. The van der Waals surface area contributed by atoms with Crippen LogP contribution < -0.4 is 10.2 Å². The van der Waals surface area contributed by atoms with Crippen LogP contribution in [0.4, 0.5) is 11.4 Å². The number of aromatic nitrogens is 1. The summed E-state index contributed by atoms with van der Waals surface area (Å²) in [6.45, 7) is 0. The van der Waals surface area contributed by atoms with Crippen molar-refractivity contribution in [2.24, 2.45) is 0 Å². The maximum Gasteiger partial charge on any atom is 0.267 e. The highest BCUT2D eigenvalue weighted by Gasteiger charge is 2.13. The number of carbonyl (C=O) groups is 1. The van der Waals surface area contributed by atoms with Crippen LogP contribution in [0.1, 0.15) is 9.67 Å². The SMILES string of the molecule is CN(C)c1ccc(NC(=O)c2cnc(-c3cccs3)s2)cc1Cl. The third-order valence-corrected chi connectivity index (χ3v) is 5.49. The molecule has 0 atom stereocenters. The molecule has 23 heavy (non-hydrogen) atoms. The Labute approximate surface area is 147 Å². The summed E-state index contributed by atoms with van der Waals surface area (Å²) in [5.41, 5.74) is 1.57. The molecule has 1 amide bonds. The van der Waals surface area contributed by atoms with Crippen LogP contribution in [0.3, 0.4) is 0 Å². The Morgan fingerprint density at radius 1 is 1.30 bits per heavy atom. The number of thiazole rings is 1. The standard InChI is InChI=1S/C16H14ClN3OS2/c1-20(2)12-6-5-10(8-11(12)17)19-15(21)14-9-18-16(23-14)13-4-3-7-22-13/h3-9H,1-2H3,(H,19,21). The van der Waals surface area contributed by atoms with E-state index in [1.807, 2.05) is 48.6 Å². The summed E-state index contributed by atoms with van der Waals surface area (Å²) in [5, 5.41) is 6.29. The third-order valence-electron chi connectivity index (χ3n) is 3.15. The summed E-state index contributed by atoms with van der Waals surface area (Å²) >= 11 is 9.21. The van der Waals surface area contributed by atoms with Crippen LogP contribution >= 0.6 is 34.3 Å². The topological polar surface area (TPSA) is 45.2 Å². The van der Waals surface area contributed by atoms with Crippen molar-refractivity contribution in [1.82, 2.24) is 4.98 Å². The number of hydrogen-bond acceptors (Lipinski definition) is 5. The van der Waals surface area contributed by atoms with E-state index in [9.17, 15) is 4.79 Å². The highest BCUT2D eigenvalue weighted by molar-refractivity contribution is 7.22. The van der Waals surface area contributed by atoms with Crippen LogP contribution in [-0.4, -0.2) is 25.0 Å². The largest absolute Gasteiger partial charge is 0.376 e. The van der Waals surface area contributed by atoms with Crippen molar-refractivity contribution >= 4 is 51.6 Å². The van der Waals surface area contributed by atoms with Crippen LogP contribution in [0.25, 0.3) is 9.88 Å². The van der Waals surface area contributed by atoms with E-state index in [-0.39, 0.29) is 5.91 Å². The van der Waals surface area contributed by atoms with E-state index in [1.165, 1.54) is 11.3 Å². The minimum atomic E-state index is -0.182. The van der Waals surface area contributed by atoms with E-state index < -0.39 is 0 Å². The average molecular weight is 364 g/mol. The van der Waals surface area contributed by atoms with Gasteiger partial charge in [0.1, 0.15) is 9.88 Å². The third kappa shape index (κ3) is 3.55. The molecule has 2 aromatic heterocycles. The van der Waals surface area contributed by atoms with Crippen molar-refractivity contribution < 1.29 is 4.79 Å². The number of hydrogen-bond donors (Lipinski definition) is 1. The summed E-state index contributed by atoms with van der Waals surface area (Å²) in [6.07, 6.45) is 1.60. The molecule has 0 aliphatic heterocycles. The van der Waals surface area contributed by atoms with Gasteiger partial charge in [0.15, 0.2) is 0 Å². The highest BCUT2D eigenvalue weighted by atomic mass is 35.5. The van der Waals surface area contributed by atoms with Gasteiger partial charge < -0.3 is 10.2 Å². The molecular formula is C16H14ClN3OS2. The second kappa shape index (κ2) is 6.70. The number of rotatable bonds is 4. The number of carbonyl (C=O) groups excluding carboxylic acids is 1. The van der Waals surface area contributed by atoms with Crippen molar-refractivity contribution in [1.29, 1.82) is 0 Å². The number of anilines is 2. The lowest BCUT2D eigenvalue weighted by atomic mass is 10.2. The number of benzene rings is 1. The second-order valence-electron chi connectivity index (χ2n) is 5.02. The van der Waals surface area contributed by atoms with Gasteiger partial charge in [0.2, 0.25) is 0 Å². The molecule has 2 heterocycles. The predicted octanol–water partition coefficient (Wildman–Crippen LogP) is 4.84.